The number of nitrogens with two attached hydrogens (primary N) is 1. The molecule has 1 aliphatic rings. The molecule has 1 fully saturated rings. The zero-order valence-corrected chi connectivity index (χ0v) is 19.3. The molecule has 11 heteroatoms. The van der Waals surface area contributed by atoms with Gasteiger partial charge in [-0.1, -0.05) is 24.3 Å². The van der Waals surface area contributed by atoms with Crippen molar-refractivity contribution in [3.63, 3.8) is 0 Å². The van der Waals surface area contributed by atoms with E-state index in [9.17, 15) is 22.3 Å². The van der Waals surface area contributed by atoms with E-state index < -0.39 is 22.5 Å². The molecule has 1 aliphatic heterocycles. The van der Waals surface area contributed by atoms with Crippen LogP contribution in [0.3, 0.4) is 0 Å². The quantitative estimate of drug-likeness (QED) is 0.426. The smallest absolute Gasteiger partial charge is 0.227 e. The van der Waals surface area contributed by atoms with E-state index in [1.54, 1.807) is 24.1 Å². The van der Waals surface area contributed by atoms with Crippen molar-refractivity contribution in [1.29, 1.82) is 0 Å². The van der Waals surface area contributed by atoms with Gasteiger partial charge in [0.15, 0.2) is 0 Å². The Morgan fingerprint density at radius 3 is 2.28 bits per heavy atom. The molecule has 2 aromatic rings. The van der Waals surface area contributed by atoms with Gasteiger partial charge in [-0.25, -0.2) is 3.71 Å². The summed E-state index contributed by atoms with van der Waals surface area (Å²) in [6.45, 7) is 2.71. The van der Waals surface area contributed by atoms with E-state index in [0.717, 1.165) is 31.5 Å². The van der Waals surface area contributed by atoms with Gasteiger partial charge in [0.1, 0.15) is 0 Å². The number of likely N-dealkylation sites (tertiary alicyclic amines) is 1. The lowest BCUT2D eigenvalue weighted by molar-refractivity contribution is -0.131. The second-order valence-electron chi connectivity index (χ2n) is 7.73. The van der Waals surface area contributed by atoms with Crippen LogP contribution in [0.2, 0.25) is 0 Å². The molecular formula is C21H26N4O5S2-2. The van der Waals surface area contributed by atoms with Crippen molar-refractivity contribution >= 4 is 39.8 Å². The van der Waals surface area contributed by atoms with Gasteiger partial charge in [0, 0.05) is 19.3 Å². The molecule has 174 valence electrons. The van der Waals surface area contributed by atoms with Crippen LogP contribution in [-0.4, -0.2) is 59.9 Å². The van der Waals surface area contributed by atoms with Gasteiger partial charge < -0.3 is 24.6 Å². The molecule has 1 amide bonds. The van der Waals surface area contributed by atoms with Gasteiger partial charge in [0.05, 0.1) is 40.7 Å². The summed E-state index contributed by atoms with van der Waals surface area (Å²) in [7, 11) is 1.77. The lowest BCUT2D eigenvalue weighted by Gasteiger charge is -2.32. The third-order valence-corrected chi connectivity index (χ3v) is 7.25. The molecule has 2 aromatic carbocycles. The minimum absolute atomic E-state index is 0.0251. The third-order valence-electron chi connectivity index (χ3n) is 5.56. The molecule has 0 aromatic heterocycles. The second kappa shape index (κ2) is 11.0. The number of nitrogen functional groups attached to an aromatic ring is 1. The normalized spacial score (nSPS) is 17.0. The average molecular weight is 479 g/mol. The van der Waals surface area contributed by atoms with Crippen LogP contribution < -0.4 is 9.44 Å². The van der Waals surface area contributed by atoms with Crippen LogP contribution in [0, 0.1) is 0 Å². The maximum Gasteiger partial charge on any atom is 0.227 e. The highest BCUT2D eigenvalue weighted by molar-refractivity contribution is 7.98. The molecule has 0 bridgehead atoms. The zero-order valence-electron chi connectivity index (χ0n) is 17.7. The van der Waals surface area contributed by atoms with Crippen molar-refractivity contribution in [2.75, 3.05) is 36.1 Å². The first-order valence-electron chi connectivity index (χ1n) is 10.2. The minimum atomic E-state index is -2.96. The van der Waals surface area contributed by atoms with Crippen LogP contribution >= 0.6 is 0 Å². The number of anilines is 2. The van der Waals surface area contributed by atoms with Gasteiger partial charge in [0.25, 0.3) is 0 Å². The number of nitrogens with zero attached hydrogens (tertiary/aromatic N) is 3. The molecule has 0 spiro atoms. The Balaban J connectivity index is 1.75. The van der Waals surface area contributed by atoms with E-state index in [1.807, 2.05) is 24.3 Å². The predicted molar refractivity (Wildman–Crippen MR) is 123 cm³/mol. The van der Waals surface area contributed by atoms with E-state index in [1.165, 1.54) is 12.1 Å². The molecule has 3 unspecified atom stereocenters. The molecule has 0 saturated carbocycles. The summed E-state index contributed by atoms with van der Waals surface area (Å²) in [4.78, 5) is 17.1. The SMILES string of the molecule is CN(C(=O)Cc1ccc(N(S(=O)[O-])S(=O)[O-])cc1)C(CN1CCCC1)c1cccc(N)c1. The fourth-order valence-electron chi connectivity index (χ4n) is 3.86. The summed E-state index contributed by atoms with van der Waals surface area (Å²) in [5, 5.41) is 0. The standard InChI is InChI=1S/C21H28N4O5S2/c1-23(20(15-24-11-2-3-12-24)17-5-4-6-18(22)14-17)21(26)13-16-7-9-19(10-8-16)25(31(27)28)32(29)30/h4-10,14,20H,2-3,11-13,15,22H2,1H3,(H,27,28)(H,29,30)/p-2. The van der Waals surface area contributed by atoms with Crippen molar-refractivity contribution in [3.8, 4) is 0 Å². The molecule has 0 aliphatic carbocycles. The first-order chi connectivity index (χ1) is 15.3. The average Bonchev–Trinajstić information content (AvgIpc) is 3.25. The lowest BCUT2D eigenvalue weighted by Crippen LogP contribution is -2.39. The molecule has 1 saturated heterocycles. The van der Waals surface area contributed by atoms with Crippen LogP contribution in [0.25, 0.3) is 0 Å². The predicted octanol–water partition coefficient (Wildman–Crippen LogP) is 1.50. The Morgan fingerprint density at radius 2 is 1.72 bits per heavy atom. The maximum atomic E-state index is 13.1. The molecule has 32 heavy (non-hydrogen) atoms. The minimum Gasteiger partial charge on any atom is -0.754 e. The number of hydrogen-bond acceptors (Lipinski definition) is 7. The molecule has 0 radical (unpaired) electrons. The van der Waals surface area contributed by atoms with Gasteiger partial charge in [-0.2, -0.15) is 0 Å². The van der Waals surface area contributed by atoms with Gasteiger partial charge in [0.2, 0.25) is 5.91 Å². The highest BCUT2D eigenvalue weighted by atomic mass is 32.3. The van der Waals surface area contributed by atoms with Gasteiger partial charge in [-0.15, -0.1) is 0 Å². The van der Waals surface area contributed by atoms with Crippen LogP contribution in [0.1, 0.15) is 30.0 Å². The summed E-state index contributed by atoms with van der Waals surface area (Å²) in [5.74, 6) is -0.110. The Bertz CT molecular complexity index is 968. The van der Waals surface area contributed by atoms with Crippen molar-refractivity contribution in [2.24, 2.45) is 0 Å². The van der Waals surface area contributed by atoms with Gasteiger partial charge in [-0.3, -0.25) is 13.2 Å². The second-order valence-corrected chi connectivity index (χ2v) is 9.56. The number of carbonyl (C=O) groups excluding carboxylic acids is 1. The summed E-state index contributed by atoms with van der Waals surface area (Å²) in [5.41, 5.74) is 8.20. The lowest BCUT2D eigenvalue weighted by atomic mass is 10.0. The topological polar surface area (TPSA) is 133 Å². The molecule has 2 N–H and O–H groups in total. The van der Waals surface area contributed by atoms with Crippen molar-refractivity contribution in [3.05, 3.63) is 59.7 Å². The van der Waals surface area contributed by atoms with E-state index in [2.05, 4.69) is 4.90 Å². The summed E-state index contributed by atoms with van der Waals surface area (Å²) >= 11 is -5.92. The van der Waals surface area contributed by atoms with Gasteiger partial charge >= 0.3 is 0 Å². The molecular weight excluding hydrogens is 452 g/mol. The Kier molecular flexibility index (Phi) is 8.38. The Labute approximate surface area is 193 Å². The molecule has 1 heterocycles. The number of amides is 1. The summed E-state index contributed by atoms with van der Waals surface area (Å²) in [6.07, 6.45) is 2.39. The first kappa shape index (κ1) is 24.3. The molecule has 3 atom stereocenters. The number of carbonyl (C=O) groups is 1. The number of likely N-dealkylation sites (N-methyl/N-ethyl adjacent to an activating group) is 1. The van der Waals surface area contributed by atoms with Crippen molar-refractivity contribution in [1.82, 2.24) is 9.80 Å². The molecule has 3 rings (SSSR count). The van der Waals surface area contributed by atoms with Crippen molar-refractivity contribution in [2.45, 2.75) is 25.3 Å². The van der Waals surface area contributed by atoms with E-state index >= 15 is 0 Å². The fraction of sp³-hybridized carbons (Fsp3) is 0.381. The summed E-state index contributed by atoms with van der Waals surface area (Å²) in [6, 6.07) is 13.2. The first-order valence-corrected chi connectivity index (χ1v) is 12.2. The highest BCUT2D eigenvalue weighted by Crippen LogP contribution is 2.26. The monoisotopic (exact) mass is 478 g/mol. The van der Waals surface area contributed by atoms with Crippen LogP contribution in [0.15, 0.2) is 48.5 Å². The maximum absolute atomic E-state index is 13.1. The molecule has 9 nitrogen and oxygen atoms in total. The Morgan fingerprint density at radius 1 is 1.09 bits per heavy atom. The van der Waals surface area contributed by atoms with E-state index in [-0.39, 0.29) is 27.8 Å². The third kappa shape index (κ3) is 6.14. The fourth-order valence-corrected chi connectivity index (χ4v) is 4.84. The number of benzene rings is 2. The van der Waals surface area contributed by atoms with Gasteiger partial charge in [-0.05, 0) is 61.3 Å². The van der Waals surface area contributed by atoms with Crippen LogP contribution in [0.5, 0.6) is 0 Å². The number of rotatable bonds is 9. The van der Waals surface area contributed by atoms with E-state index in [0.29, 0.717) is 17.8 Å². The largest absolute Gasteiger partial charge is 0.754 e. The van der Waals surface area contributed by atoms with Crippen LogP contribution in [0.4, 0.5) is 11.4 Å². The Hall–Kier alpha value is -2.31. The van der Waals surface area contributed by atoms with Crippen molar-refractivity contribution < 1.29 is 22.3 Å². The highest BCUT2D eigenvalue weighted by Gasteiger charge is 2.26. The van der Waals surface area contributed by atoms with E-state index in [4.69, 9.17) is 5.73 Å². The number of hydrogen-bond donors (Lipinski definition) is 1. The summed E-state index contributed by atoms with van der Waals surface area (Å²) < 4.78 is 44.7. The zero-order chi connectivity index (χ0) is 23.3. The van der Waals surface area contributed by atoms with Crippen LogP contribution in [-0.2, 0) is 33.7 Å².